The molecule has 28 heavy (non-hydrogen) atoms. The van der Waals surface area contributed by atoms with Crippen molar-refractivity contribution in [2.75, 3.05) is 49.1 Å². The van der Waals surface area contributed by atoms with Crippen LogP contribution in [-0.4, -0.2) is 55.2 Å². The molecule has 0 aliphatic carbocycles. The Kier molecular flexibility index (Phi) is 6.87. The van der Waals surface area contributed by atoms with Crippen LogP contribution in [0.4, 0.5) is 11.4 Å². The molecule has 6 heteroatoms. The number of hydrogen-bond donors (Lipinski definition) is 1. The quantitative estimate of drug-likeness (QED) is 0.785. The first-order chi connectivity index (χ1) is 13.6. The zero-order chi connectivity index (χ0) is 19.9. The topological polar surface area (TPSA) is 38.8 Å². The fraction of sp³-hybridized carbons (Fsp3) is 0.364. The van der Waals surface area contributed by atoms with Gasteiger partial charge in [0, 0.05) is 56.2 Å². The SMILES string of the molecule is CCN(CC)c1ccc(C(=O)NC(=S)N2CCN(c3ccccc3)CC2)cc1. The van der Waals surface area contributed by atoms with Gasteiger partial charge in [-0.1, -0.05) is 18.2 Å². The van der Waals surface area contributed by atoms with Crippen LogP contribution in [0.5, 0.6) is 0 Å². The van der Waals surface area contributed by atoms with Crippen LogP contribution in [0.3, 0.4) is 0 Å². The molecular formula is C22H28N4OS. The summed E-state index contributed by atoms with van der Waals surface area (Å²) in [6.07, 6.45) is 0. The molecule has 1 aliphatic heterocycles. The second-order valence-electron chi connectivity index (χ2n) is 6.79. The highest BCUT2D eigenvalue weighted by Gasteiger charge is 2.20. The number of para-hydroxylation sites is 1. The lowest BCUT2D eigenvalue weighted by Gasteiger charge is -2.37. The van der Waals surface area contributed by atoms with Crippen molar-refractivity contribution < 1.29 is 4.79 Å². The lowest BCUT2D eigenvalue weighted by Crippen LogP contribution is -2.52. The molecule has 1 amide bonds. The minimum Gasteiger partial charge on any atom is -0.372 e. The molecule has 1 saturated heterocycles. The first-order valence-corrected chi connectivity index (χ1v) is 10.3. The molecule has 0 aromatic heterocycles. The van der Waals surface area contributed by atoms with Crippen LogP contribution < -0.4 is 15.1 Å². The van der Waals surface area contributed by atoms with Crippen molar-refractivity contribution in [3.05, 3.63) is 60.2 Å². The highest BCUT2D eigenvalue weighted by Crippen LogP contribution is 2.17. The summed E-state index contributed by atoms with van der Waals surface area (Å²) in [5, 5.41) is 3.39. The van der Waals surface area contributed by atoms with Crippen LogP contribution in [0.1, 0.15) is 24.2 Å². The van der Waals surface area contributed by atoms with E-state index in [-0.39, 0.29) is 5.91 Å². The zero-order valence-electron chi connectivity index (χ0n) is 16.6. The molecule has 0 unspecified atom stereocenters. The second-order valence-corrected chi connectivity index (χ2v) is 7.17. The van der Waals surface area contributed by atoms with Gasteiger partial charge in [-0.05, 0) is 62.5 Å². The van der Waals surface area contributed by atoms with Gasteiger partial charge in [0.2, 0.25) is 0 Å². The summed E-state index contributed by atoms with van der Waals surface area (Å²) >= 11 is 5.48. The molecule has 3 rings (SSSR count). The van der Waals surface area contributed by atoms with Gasteiger partial charge in [0.05, 0.1) is 0 Å². The fourth-order valence-corrected chi connectivity index (χ4v) is 3.74. The van der Waals surface area contributed by atoms with Gasteiger partial charge in [-0.15, -0.1) is 0 Å². The third-order valence-corrected chi connectivity index (χ3v) is 5.53. The molecule has 0 spiro atoms. The van der Waals surface area contributed by atoms with Crippen molar-refractivity contribution in [2.24, 2.45) is 0 Å². The van der Waals surface area contributed by atoms with Gasteiger partial charge in [-0.2, -0.15) is 0 Å². The molecule has 0 bridgehead atoms. The molecule has 1 heterocycles. The molecule has 0 atom stereocenters. The average molecular weight is 397 g/mol. The van der Waals surface area contributed by atoms with Gasteiger partial charge in [-0.3, -0.25) is 10.1 Å². The highest BCUT2D eigenvalue weighted by atomic mass is 32.1. The van der Waals surface area contributed by atoms with E-state index in [0.717, 1.165) is 45.0 Å². The van der Waals surface area contributed by atoms with Crippen LogP contribution in [0.2, 0.25) is 0 Å². The molecule has 0 saturated carbocycles. The summed E-state index contributed by atoms with van der Waals surface area (Å²) in [6, 6.07) is 18.1. The van der Waals surface area contributed by atoms with Crippen LogP contribution in [0.25, 0.3) is 0 Å². The zero-order valence-corrected chi connectivity index (χ0v) is 17.4. The minimum absolute atomic E-state index is 0.151. The second kappa shape index (κ2) is 9.55. The van der Waals surface area contributed by atoms with E-state index in [9.17, 15) is 4.79 Å². The largest absolute Gasteiger partial charge is 0.372 e. The van der Waals surface area contributed by atoms with Crippen molar-refractivity contribution in [2.45, 2.75) is 13.8 Å². The molecule has 1 aliphatic rings. The normalized spacial score (nSPS) is 13.9. The van der Waals surface area contributed by atoms with E-state index >= 15 is 0 Å². The van der Waals surface area contributed by atoms with E-state index in [1.54, 1.807) is 0 Å². The van der Waals surface area contributed by atoms with Gasteiger partial charge < -0.3 is 14.7 Å². The molecular weight excluding hydrogens is 368 g/mol. The monoisotopic (exact) mass is 396 g/mol. The number of amides is 1. The Labute approximate surface area is 172 Å². The van der Waals surface area contributed by atoms with Crippen molar-refractivity contribution in [1.29, 1.82) is 0 Å². The lowest BCUT2D eigenvalue weighted by atomic mass is 10.2. The predicted octanol–water partition coefficient (Wildman–Crippen LogP) is 3.37. The van der Waals surface area contributed by atoms with Crippen molar-refractivity contribution in [3.8, 4) is 0 Å². The van der Waals surface area contributed by atoms with E-state index < -0.39 is 0 Å². The molecule has 5 nitrogen and oxygen atoms in total. The minimum atomic E-state index is -0.151. The Hall–Kier alpha value is -2.60. The Bertz CT molecular complexity index is 782. The third kappa shape index (κ3) is 4.81. The summed E-state index contributed by atoms with van der Waals surface area (Å²) in [5.74, 6) is -0.151. The average Bonchev–Trinajstić information content (AvgIpc) is 2.76. The number of rotatable bonds is 5. The summed E-state index contributed by atoms with van der Waals surface area (Å²) in [6.45, 7) is 9.52. The molecule has 2 aromatic rings. The smallest absolute Gasteiger partial charge is 0.257 e. The van der Waals surface area contributed by atoms with E-state index in [1.165, 1.54) is 5.69 Å². The van der Waals surface area contributed by atoms with E-state index in [0.29, 0.717) is 10.7 Å². The summed E-state index contributed by atoms with van der Waals surface area (Å²) in [4.78, 5) is 19.2. The van der Waals surface area contributed by atoms with Crippen LogP contribution >= 0.6 is 12.2 Å². The van der Waals surface area contributed by atoms with Crippen LogP contribution in [0, 0.1) is 0 Å². The van der Waals surface area contributed by atoms with Gasteiger partial charge in [-0.25, -0.2) is 0 Å². The van der Waals surface area contributed by atoms with E-state index in [2.05, 4.69) is 58.1 Å². The van der Waals surface area contributed by atoms with Crippen LogP contribution in [0.15, 0.2) is 54.6 Å². The Balaban J connectivity index is 1.53. The lowest BCUT2D eigenvalue weighted by molar-refractivity contribution is 0.0973. The number of nitrogens with zero attached hydrogens (tertiary/aromatic N) is 3. The first kappa shape index (κ1) is 20.1. The maximum atomic E-state index is 12.6. The molecule has 1 N–H and O–H groups in total. The highest BCUT2D eigenvalue weighted by molar-refractivity contribution is 7.80. The Morgan fingerprint density at radius 1 is 0.964 bits per heavy atom. The number of benzene rings is 2. The molecule has 2 aromatic carbocycles. The number of hydrogen-bond acceptors (Lipinski definition) is 4. The van der Waals surface area contributed by atoms with Crippen molar-refractivity contribution in [3.63, 3.8) is 0 Å². The van der Waals surface area contributed by atoms with Gasteiger partial charge in [0.1, 0.15) is 0 Å². The van der Waals surface area contributed by atoms with Crippen LogP contribution in [-0.2, 0) is 0 Å². The molecule has 1 fully saturated rings. The predicted molar refractivity (Wildman–Crippen MR) is 120 cm³/mol. The number of anilines is 2. The van der Waals surface area contributed by atoms with Gasteiger partial charge in [0.25, 0.3) is 5.91 Å². The third-order valence-electron chi connectivity index (χ3n) is 5.17. The summed E-state index contributed by atoms with van der Waals surface area (Å²) in [5.41, 5.74) is 2.98. The maximum absolute atomic E-state index is 12.6. The number of piperazine rings is 1. The Morgan fingerprint density at radius 3 is 2.14 bits per heavy atom. The fourth-order valence-electron chi connectivity index (χ4n) is 3.47. The molecule has 0 radical (unpaired) electrons. The Morgan fingerprint density at radius 2 is 1.57 bits per heavy atom. The van der Waals surface area contributed by atoms with E-state index in [4.69, 9.17) is 12.2 Å². The van der Waals surface area contributed by atoms with Crippen molar-refractivity contribution in [1.82, 2.24) is 10.2 Å². The van der Waals surface area contributed by atoms with Gasteiger partial charge >= 0.3 is 0 Å². The van der Waals surface area contributed by atoms with Gasteiger partial charge in [0.15, 0.2) is 5.11 Å². The number of carbonyl (C=O) groups is 1. The van der Waals surface area contributed by atoms with Crippen molar-refractivity contribution >= 4 is 34.6 Å². The van der Waals surface area contributed by atoms with E-state index in [1.807, 2.05) is 30.3 Å². The summed E-state index contributed by atoms with van der Waals surface area (Å²) in [7, 11) is 0. The standard InChI is InChI=1S/C22H28N4OS/c1-3-24(4-2)20-12-10-18(11-13-20)21(27)23-22(28)26-16-14-25(15-17-26)19-8-6-5-7-9-19/h5-13H,3-4,14-17H2,1-2H3,(H,23,27,28). The number of nitrogens with one attached hydrogen (secondary N) is 1. The summed E-state index contributed by atoms with van der Waals surface area (Å²) < 4.78 is 0. The maximum Gasteiger partial charge on any atom is 0.257 e. The number of thiocarbonyl (C=S) groups is 1. The molecule has 148 valence electrons. The first-order valence-electron chi connectivity index (χ1n) is 9.87. The number of carbonyl (C=O) groups excluding carboxylic acids is 1.